The summed E-state index contributed by atoms with van der Waals surface area (Å²) in [4.78, 5) is 10.5. The minimum Gasteiger partial charge on any atom is -0.344 e. The number of nitrogens with zero attached hydrogens (tertiary/aromatic N) is 2. The van der Waals surface area contributed by atoms with E-state index in [4.69, 9.17) is 4.79 Å². The van der Waals surface area contributed by atoms with Gasteiger partial charge in [-0.15, -0.1) is 0 Å². The molecule has 5 rings (SSSR count). The van der Waals surface area contributed by atoms with Gasteiger partial charge in [-0.1, -0.05) is 139 Å². The average molecular weight is 654 g/mol. The van der Waals surface area contributed by atoms with Crippen molar-refractivity contribution in [2.24, 2.45) is 0 Å². The van der Waals surface area contributed by atoms with Gasteiger partial charge in [0, 0.05) is 47.5 Å². The van der Waals surface area contributed by atoms with Gasteiger partial charge in [0.25, 0.3) is 0 Å². The number of hydrogen-bond donors (Lipinski definition) is 0. The topological polar surface area (TPSA) is 23.3 Å². The average Bonchev–Trinajstić information content (AvgIpc) is 3.45. The van der Waals surface area contributed by atoms with Gasteiger partial charge in [-0.05, 0) is 65.3 Å². The highest BCUT2D eigenvalue weighted by Crippen LogP contribution is 2.46. The van der Waals surface area contributed by atoms with E-state index in [1.165, 1.54) is 88.4 Å². The van der Waals surface area contributed by atoms with Gasteiger partial charge in [-0.25, -0.2) is 0 Å². The summed E-state index contributed by atoms with van der Waals surface area (Å²) in [5.41, 5.74) is 7.97. The van der Waals surface area contributed by atoms with Crippen LogP contribution in [0.1, 0.15) is 91.2 Å². The van der Waals surface area contributed by atoms with E-state index in [0.717, 1.165) is 18.3 Å². The van der Waals surface area contributed by atoms with Crippen molar-refractivity contribution in [1.29, 1.82) is 0 Å². The Hall–Kier alpha value is -4.50. The molecule has 0 atom stereocenters. The summed E-state index contributed by atoms with van der Waals surface area (Å²) >= 11 is 0. The van der Waals surface area contributed by atoms with Crippen LogP contribution < -0.4 is 15.3 Å². The molecule has 3 heteroatoms. The minimum atomic E-state index is -0.136. The van der Waals surface area contributed by atoms with Crippen LogP contribution in [0.3, 0.4) is 0 Å². The summed E-state index contributed by atoms with van der Waals surface area (Å²) in [5.74, 6) is 0. The van der Waals surface area contributed by atoms with Gasteiger partial charge < -0.3 is 9.69 Å². The van der Waals surface area contributed by atoms with Gasteiger partial charge in [0.05, 0.1) is 5.41 Å². The maximum atomic E-state index is 8.00. The lowest BCUT2D eigenvalue weighted by molar-refractivity contribution is -0.438. The third-order valence-corrected chi connectivity index (χ3v) is 10.1. The van der Waals surface area contributed by atoms with Gasteiger partial charge >= 0.3 is 0 Å². The Labute approximate surface area is 295 Å². The molecule has 2 heterocycles. The van der Waals surface area contributed by atoms with Gasteiger partial charge in [-0.3, -0.25) is 0 Å². The summed E-state index contributed by atoms with van der Waals surface area (Å²) < 4.78 is 2.56. The van der Waals surface area contributed by atoms with Gasteiger partial charge in [0.1, 0.15) is 13.3 Å². The molecule has 2 aliphatic heterocycles. The van der Waals surface area contributed by atoms with Crippen molar-refractivity contribution < 1.29 is 9.37 Å². The van der Waals surface area contributed by atoms with Crippen LogP contribution in [0, 0.1) is 0 Å². The summed E-state index contributed by atoms with van der Waals surface area (Å²) in [6.45, 7) is 26.4. The Bertz CT molecular complexity index is 1910. The standard InChI is InChI=1S/C45H55N2.CH2O/c1-9-12-14-22-33-47-38-30-28-34(4)36(23-11-3)42(38)44(5,6)40(47)26-18-16-15-17-19-27-41-45(7,8)43-37-25-21-20-24-35(37)29-31-39(43)46(41)32-13-10-2;1-2/h11,15-21,23-31H,3-4,9-10,12-14,22,32-33H2,1-2,5-8H3;1H2/q+1;/b36-23+;. The Balaban J connectivity index is 0.00000265. The highest BCUT2D eigenvalue weighted by Gasteiger charge is 2.45. The zero-order chi connectivity index (χ0) is 35.6. The summed E-state index contributed by atoms with van der Waals surface area (Å²) in [6.07, 6.45) is 26.9. The zero-order valence-electron chi connectivity index (χ0n) is 30.9. The molecule has 0 saturated carbocycles. The molecule has 3 nitrogen and oxygen atoms in total. The van der Waals surface area contributed by atoms with Crippen molar-refractivity contribution in [3.63, 3.8) is 0 Å². The van der Waals surface area contributed by atoms with Crippen LogP contribution in [0.2, 0.25) is 0 Å². The SMILES string of the molecule is C=C/C=c1/c2c(ccc1=C)N(CCCCCC)\C(=C/C=C/C=C/C=C/C1=[N+](CCCC)c3ccc4ccccc4c3C1(C)C)C2(C)C.C=O. The third kappa shape index (κ3) is 7.57. The summed E-state index contributed by atoms with van der Waals surface area (Å²) in [7, 11) is 0. The Morgan fingerprint density at radius 3 is 2.20 bits per heavy atom. The largest absolute Gasteiger partial charge is 0.344 e. The molecule has 0 bridgehead atoms. The van der Waals surface area contributed by atoms with Crippen LogP contribution in [-0.2, 0) is 15.6 Å². The normalized spacial score (nSPS) is 17.5. The molecule has 0 N–H and O–H groups in total. The van der Waals surface area contributed by atoms with Crippen LogP contribution in [0.5, 0.6) is 0 Å². The molecule has 0 fully saturated rings. The molecule has 3 aromatic rings. The molecule has 256 valence electrons. The monoisotopic (exact) mass is 653 g/mol. The molecule has 0 spiro atoms. The van der Waals surface area contributed by atoms with E-state index in [-0.39, 0.29) is 10.8 Å². The highest BCUT2D eigenvalue weighted by atomic mass is 16.1. The summed E-state index contributed by atoms with van der Waals surface area (Å²) in [6, 6.07) is 17.9. The van der Waals surface area contributed by atoms with Crippen LogP contribution >= 0.6 is 0 Å². The second-order valence-corrected chi connectivity index (χ2v) is 14.1. The number of fused-ring (bicyclic) bond motifs is 4. The van der Waals surface area contributed by atoms with Crippen LogP contribution in [0.25, 0.3) is 23.4 Å². The number of rotatable bonds is 13. The van der Waals surface area contributed by atoms with Crippen molar-refractivity contribution in [1.82, 2.24) is 0 Å². The van der Waals surface area contributed by atoms with Crippen LogP contribution in [0.4, 0.5) is 11.4 Å². The fourth-order valence-corrected chi connectivity index (χ4v) is 7.75. The second kappa shape index (κ2) is 16.7. The Morgan fingerprint density at radius 2 is 1.47 bits per heavy atom. The molecular weight excluding hydrogens is 597 g/mol. The molecule has 0 radical (unpaired) electrons. The van der Waals surface area contributed by atoms with E-state index >= 15 is 0 Å². The van der Waals surface area contributed by atoms with Crippen molar-refractivity contribution in [2.75, 3.05) is 18.0 Å². The highest BCUT2D eigenvalue weighted by molar-refractivity contribution is 6.07. The van der Waals surface area contributed by atoms with Crippen molar-refractivity contribution in [3.05, 3.63) is 131 Å². The number of carbonyl (C=O) groups is 1. The lowest BCUT2D eigenvalue weighted by Crippen LogP contribution is -2.33. The molecule has 0 saturated heterocycles. The van der Waals surface area contributed by atoms with Crippen molar-refractivity contribution in [3.8, 4) is 0 Å². The lowest BCUT2D eigenvalue weighted by atomic mass is 9.79. The first-order chi connectivity index (χ1) is 23.7. The summed E-state index contributed by atoms with van der Waals surface area (Å²) in [5, 5.41) is 4.94. The number of anilines is 1. The number of hydrogen-bond acceptors (Lipinski definition) is 2. The molecule has 0 aromatic heterocycles. The number of carbonyl (C=O) groups excluding carboxylic acids is 1. The van der Waals surface area contributed by atoms with Gasteiger partial charge in [0.2, 0.25) is 5.69 Å². The Kier molecular flexibility index (Phi) is 12.8. The molecule has 3 aromatic carbocycles. The third-order valence-electron chi connectivity index (χ3n) is 10.1. The first-order valence-corrected chi connectivity index (χ1v) is 18.1. The van der Waals surface area contributed by atoms with Crippen molar-refractivity contribution in [2.45, 2.75) is 90.9 Å². The predicted octanol–water partition coefficient (Wildman–Crippen LogP) is 10.1. The van der Waals surface area contributed by atoms with E-state index in [1.54, 1.807) is 0 Å². The first kappa shape index (κ1) is 37.3. The molecule has 2 aliphatic rings. The maximum absolute atomic E-state index is 8.00. The van der Waals surface area contributed by atoms with E-state index in [9.17, 15) is 0 Å². The van der Waals surface area contributed by atoms with E-state index < -0.39 is 0 Å². The minimum absolute atomic E-state index is 0.0755. The molecule has 0 aliphatic carbocycles. The lowest BCUT2D eigenvalue weighted by Gasteiger charge is -2.27. The second-order valence-electron chi connectivity index (χ2n) is 14.1. The predicted molar refractivity (Wildman–Crippen MR) is 215 cm³/mol. The van der Waals surface area contributed by atoms with E-state index in [2.05, 4.69) is 161 Å². The number of benzene rings is 3. The Morgan fingerprint density at radius 1 is 0.755 bits per heavy atom. The van der Waals surface area contributed by atoms with Gasteiger partial charge in [0.15, 0.2) is 5.71 Å². The molecule has 0 amide bonds. The molecule has 49 heavy (non-hydrogen) atoms. The fourth-order valence-electron chi connectivity index (χ4n) is 7.75. The van der Waals surface area contributed by atoms with Crippen molar-refractivity contribution >= 4 is 47.3 Å². The van der Waals surface area contributed by atoms with Gasteiger partial charge in [-0.2, -0.15) is 4.58 Å². The zero-order valence-corrected chi connectivity index (χ0v) is 30.9. The number of unbranched alkanes of at least 4 members (excludes halogenated alkanes) is 4. The molecule has 0 unspecified atom stereocenters. The smallest absolute Gasteiger partial charge is 0.210 e. The molecular formula is C46H57N2O+. The first-order valence-electron chi connectivity index (χ1n) is 18.1. The maximum Gasteiger partial charge on any atom is 0.210 e. The van der Waals surface area contributed by atoms with Crippen LogP contribution in [0.15, 0.2) is 109 Å². The fraction of sp³-hybridized carbons (Fsp3) is 0.348. The quantitative estimate of drug-likeness (QED) is 0.104. The van der Waals surface area contributed by atoms with E-state index in [1.807, 2.05) is 12.9 Å². The van der Waals surface area contributed by atoms with E-state index in [0.29, 0.717) is 0 Å². The van der Waals surface area contributed by atoms with Crippen LogP contribution in [-0.4, -0.2) is 30.2 Å². The number of allylic oxidation sites excluding steroid dienone is 9.